The van der Waals surface area contributed by atoms with Crippen molar-refractivity contribution in [2.45, 2.75) is 104 Å². The van der Waals surface area contributed by atoms with Crippen LogP contribution in [0.1, 0.15) is 102 Å². The monoisotopic (exact) mass is 302 g/mol. The molecule has 0 radical (unpaired) electrons. The van der Waals surface area contributed by atoms with Crippen LogP contribution in [-0.4, -0.2) is 0 Å². The number of unbranched alkanes of at least 4 members (excludes halogenated alkanes) is 12. The summed E-state index contributed by atoms with van der Waals surface area (Å²) in [7, 11) is 0. The van der Waals surface area contributed by atoms with E-state index >= 15 is 0 Å². The molecule has 1 aromatic rings. The van der Waals surface area contributed by atoms with Gasteiger partial charge in [-0.05, 0) is 30.9 Å². The summed E-state index contributed by atoms with van der Waals surface area (Å²) >= 11 is 0. The molecule has 1 aromatic carbocycles. The van der Waals surface area contributed by atoms with Gasteiger partial charge >= 0.3 is 0 Å². The minimum absolute atomic E-state index is 1.27. The number of benzene rings is 1. The maximum Gasteiger partial charge on any atom is -0.0276 e. The minimum Gasteiger partial charge on any atom is -0.0654 e. The Labute approximate surface area is 139 Å². The molecular formula is C22H38. The predicted molar refractivity (Wildman–Crippen MR) is 101 cm³/mol. The number of rotatable bonds is 14. The molecule has 0 aliphatic rings. The van der Waals surface area contributed by atoms with Gasteiger partial charge in [0.05, 0.1) is 0 Å². The van der Waals surface area contributed by atoms with Gasteiger partial charge in [0, 0.05) is 0 Å². The van der Waals surface area contributed by atoms with Gasteiger partial charge in [0.15, 0.2) is 0 Å². The van der Waals surface area contributed by atoms with Crippen LogP contribution < -0.4 is 0 Å². The van der Waals surface area contributed by atoms with E-state index in [0.29, 0.717) is 0 Å². The molecule has 126 valence electrons. The normalized spacial score (nSPS) is 11.0. The average molecular weight is 303 g/mol. The first-order chi connectivity index (χ1) is 10.8. The summed E-state index contributed by atoms with van der Waals surface area (Å²) in [5.74, 6) is 0. The number of hydrogen-bond donors (Lipinski definition) is 0. The summed E-state index contributed by atoms with van der Waals surface area (Å²) in [6.07, 6.45) is 20.0. The van der Waals surface area contributed by atoms with E-state index in [1.165, 1.54) is 95.5 Å². The van der Waals surface area contributed by atoms with E-state index < -0.39 is 0 Å². The van der Waals surface area contributed by atoms with Crippen molar-refractivity contribution in [1.29, 1.82) is 0 Å². The zero-order valence-electron chi connectivity index (χ0n) is 15.2. The molecule has 0 aromatic heterocycles. The predicted octanol–water partition coefficient (Wildman–Crippen LogP) is 7.63. The Morgan fingerprint density at radius 1 is 0.591 bits per heavy atom. The molecule has 0 aliphatic carbocycles. The largest absolute Gasteiger partial charge is 0.0654 e. The summed E-state index contributed by atoms with van der Waals surface area (Å²) in [4.78, 5) is 0. The summed E-state index contributed by atoms with van der Waals surface area (Å²) in [6, 6.07) is 8.83. The van der Waals surface area contributed by atoms with Gasteiger partial charge in [0.25, 0.3) is 0 Å². The molecule has 22 heavy (non-hydrogen) atoms. The second kappa shape index (κ2) is 13.9. The molecule has 0 spiro atoms. The van der Waals surface area contributed by atoms with Gasteiger partial charge in [-0.1, -0.05) is 108 Å². The lowest BCUT2D eigenvalue weighted by Gasteiger charge is -2.05. The average Bonchev–Trinajstić information content (AvgIpc) is 2.53. The summed E-state index contributed by atoms with van der Waals surface area (Å²) < 4.78 is 0. The van der Waals surface area contributed by atoms with E-state index in [9.17, 15) is 0 Å². The molecule has 0 saturated heterocycles. The van der Waals surface area contributed by atoms with Crippen molar-refractivity contribution in [3.05, 3.63) is 35.4 Å². The molecule has 0 heteroatoms. The first-order valence-electron chi connectivity index (χ1n) is 9.89. The highest BCUT2D eigenvalue weighted by Gasteiger charge is 1.97. The Balaban J connectivity index is 1.81. The van der Waals surface area contributed by atoms with Crippen LogP contribution in [0.2, 0.25) is 0 Å². The molecule has 0 fully saturated rings. The van der Waals surface area contributed by atoms with Gasteiger partial charge in [-0.25, -0.2) is 0 Å². The molecule has 0 amide bonds. The van der Waals surface area contributed by atoms with E-state index in [0.717, 1.165) is 0 Å². The van der Waals surface area contributed by atoms with Crippen LogP contribution in [0.3, 0.4) is 0 Å². The van der Waals surface area contributed by atoms with E-state index in [2.05, 4.69) is 38.1 Å². The standard InChI is InChI=1S/C22H38/c1-3-4-5-6-7-8-9-10-11-12-13-14-15-19-22-20-17-16-18-21(22)2/h16-18,20H,3-15,19H2,1-2H3. The molecule has 0 bridgehead atoms. The van der Waals surface area contributed by atoms with Gasteiger partial charge in [0.2, 0.25) is 0 Å². The smallest absolute Gasteiger partial charge is 0.0276 e. The maximum absolute atomic E-state index is 2.29. The van der Waals surface area contributed by atoms with Gasteiger partial charge < -0.3 is 0 Å². The highest BCUT2D eigenvalue weighted by molar-refractivity contribution is 5.25. The van der Waals surface area contributed by atoms with Gasteiger partial charge in [-0.3, -0.25) is 0 Å². The third-order valence-corrected chi connectivity index (χ3v) is 4.81. The van der Waals surface area contributed by atoms with Crippen molar-refractivity contribution in [3.8, 4) is 0 Å². The first kappa shape index (κ1) is 19.3. The third kappa shape index (κ3) is 10.0. The van der Waals surface area contributed by atoms with E-state index in [1.54, 1.807) is 5.56 Å². The summed E-state index contributed by atoms with van der Waals surface area (Å²) in [6.45, 7) is 4.53. The highest BCUT2D eigenvalue weighted by Crippen LogP contribution is 2.15. The lowest BCUT2D eigenvalue weighted by atomic mass is 10.0. The number of aryl methyl sites for hydroxylation is 2. The van der Waals surface area contributed by atoms with E-state index in [1.807, 2.05) is 0 Å². The van der Waals surface area contributed by atoms with Crippen LogP contribution in [0.5, 0.6) is 0 Å². The van der Waals surface area contributed by atoms with Crippen LogP contribution in [-0.2, 0) is 6.42 Å². The van der Waals surface area contributed by atoms with Crippen molar-refractivity contribution in [3.63, 3.8) is 0 Å². The van der Waals surface area contributed by atoms with Crippen molar-refractivity contribution in [2.75, 3.05) is 0 Å². The Hall–Kier alpha value is -0.780. The minimum atomic E-state index is 1.27. The Morgan fingerprint density at radius 3 is 1.55 bits per heavy atom. The Morgan fingerprint density at radius 2 is 1.05 bits per heavy atom. The SMILES string of the molecule is CCCCCCCCCCCCCCCc1ccccc1C. The first-order valence-corrected chi connectivity index (χ1v) is 9.89. The molecule has 1 rings (SSSR count). The molecule has 0 atom stereocenters. The van der Waals surface area contributed by atoms with E-state index in [-0.39, 0.29) is 0 Å². The van der Waals surface area contributed by atoms with E-state index in [4.69, 9.17) is 0 Å². The van der Waals surface area contributed by atoms with Crippen LogP contribution in [0.15, 0.2) is 24.3 Å². The lowest BCUT2D eigenvalue weighted by molar-refractivity contribution is 0.539. The fourth-order valence-electron chi connectivity index (χ4n) is 3.22. The second-order valence-corrected chi connectivity index (χ2v) is 6.92. The van der Waals surface area contributed by atoms with Crippen LogP contribution in [0, 0.1) is 6.92 Å². The van der Waals surface area contributed by atoms with Gasteiger partial charge in [-0.15, -0.1) is 0 Å². The zero-order chi connectivity index (χ0) is 15.9. The molecule has 0 aliphatic heterocycles. The quantitative estimate of drug-likeness (QED) is 0.310. The fraction of sp³-hybridized carbons (Fsp3) is 0.727. The fourth-order valence-corrected chi connectivity index (χ4v) is 3.22. The molecule has 0 heterocycles. The zero-order valence-corrected chi connectivity index (χ0v) is 15.2. The molecule has 0 saturated carbocycles. The van der Waals surface area contributed by atoms with Crippen LogP contribution >= 0.6 is 0 Å². The van der Waals surface area contributed by atoms with Crippen molar-refractivity contribution < 1.29 is 0 Å². The van der Waals surface area contributed by atoms with Crippen molar-refractivity contribution >= 4 is 0 Å². The van der Waals surface area contributed by atoms with Crippen LogP contribution in [0.25, 0.3) is 0 Å². The third-order valence-electron chi connectivity index (χ3n) is 4.81. The summed E-state index contributed by atoms with van der Waals surface area (Å²) in [5, 5.41) is 0. The van der Waals surface area contributed by atoms with Crippen LogP contribution in [0.4, 0.5) is 0 Å². The lowest BCUT2D eigenvalue weighted by Crippen LogP contribution is -1.89. The maximum atomic E-state index is 2.29. The topological polar surface area (TPSA) is 0 Å². The summed E-state index contributed by atoms with van der Waals surface area (Å²) in [5.41, 5.74) is 3.01. The number of hydrogen-bond acceptors (Lipinski definition) is 0. The molecular weight excluding hydrogens is 264 g/mol. The molecule has 0 nitrogen and oxygen atoms in total. The second-order valence-electron chi connectivity index (χ2n) is 6.92. The van der Waals surface area contributed by atoms with Gasteiger partial charge in [0.1, 0.15) is 0 Å². The Bertz CT molecular complexity index is 353. The van der Waals surface area contributed by atoms with Crippen molar-refractivity contribution in [1.82, 2.24) is 0 Å². The Kier molecular flexibility index (Phi) is 12.1. The van der Waals surface area contributed by atoms with Crippen molar-refractivity contribution in [2.24, 2.45) is 0 Å². The highest BCUT2D eigenvalue weighted by atomic mass is 14.0. The molecule has 0 N–H and O–H groups in total. The van der Waals surface area contributed by atoms with Gasteiger partial charge in [-0.2, -0.15) is 0 Å². The molecule has 0 unspecified atom stereocenters.